The molecule has 0 unspecified atom stereocenters. The topological polar surface area (TPSA) is 78.0 Å². The molecule has 2 aromatic heterocycles. The third-order valence-electron chi connectivity index (χ3n) is 3.31. The van der Waals surface area contributed by atoms with Crippen molar-refractivity contribution in [2.75, 3.05) is 11.9 Å². The molecule has 0 saturated carbocycles. The van der Waals surface area contributed by atoms with Crippen molar-refractivity contribution in [2.45, 2.75) is 26.3 Å². The molecule has 0 aliphatic rings. The van der Waals surface area contributed by atoms with Gasteiger partial charge >= 0.3 is 0 Å². The van der Waals surface area contributed by atoms with Gasteiger partial charge in [-0.25, -0.2) is 4.98 Å². The number of hydrogen-bond donors (Lipinski definition) is 3. The lowest BCUT2D eigenvalue weighted by Gasteiger charge is -2.15. The van der Waals surface area contributed by atoms with E-state index in [4.69, 9.17) is 0 Å². The molecule has 0 aliphatic heterocycles. The lowest BCUT2D eigenvalue weighted by atomic mass is 10.1. The number of nitrogens with one attached hydrogen (secondary N) is 2. The van der Waals surface area contributed by atoms with Crippen molar-refractivity contribution in [1.82, 2.24) is 9.97 Å². The van der Waals surface area contributed by atoms with Gasteiger partial charge in [0.05, 0.1) is 18.3 Å². The number of carbonyl (C=O) groups is 1. The van der Waals surface area contributed by atoms with Gasteiger partial charge in [-0.2, -0.15) is 0 Å². The number of aldehydes is 1. The van der Waals surface area contributed by atoms with Crippen molar-refractivity contribution in [1.29, 1.82) is 0 Å². The second-order valence-corrected chi connectivity index (χ2v) is 4.78. The molecule has 0 amide bonds. The van der Waals surface area contributed by atoms with Gasteiger partial charge in [-0.15, -0.1) is 0 Å². The molecule has 106 valence electrons. The van der Waals surface area contributed by atoms with E-state index in [0.29, 0.717) is 5.69 Å². The van der Waals surface area contributed by atoms with E-state index in [0.717, 1.165) is 35.2 Å². The van der Waals surface area contributed by atoms with Crippen molar-refractivity contribution < 1.29 is 9.90 Å². The monoisotopic (exact) mass is 273 g/mol. The Balaban J connectivity index is 2.31. The van der Waals surface area contributed by atoms with Crippen LogP contribution in [0.15, 0.2) is 24.5 Å². The molecule has 20 heavy (non-hydrogen) atoms. The van der Waals surface area contributed by atoms with Crippen LogP contribution < -0.4 is 5.32 Å². The van der Waals surface area contributed by atoms with Gasteiger partial charge in [-0.05, 0) is 36.6 Å². The zero-order valence-corrected chi connectivity index (χ0v) is 11.7. The van der Waals surface area contributed by atoms with Crippen LogP contribution in [0.25, 0.3) is 11.1 Å². The number of H-pyrrole nitrogens is 1. The molecule has 3 N–H and O–H groups in total. The number of aromatic nitrogens is 2. The third kappa shape index (κ3) is 3.05. The standard InChI is InChI=1S/C15H19N3O2/c1-3-12(8-19)18-15-5-14(10(2)6-17-15)11-4-13(9-20)16-7-11/h4-7,9,12,16,19H,3,8H2,1-2H3,(H,17,18)/t12-/m0/s1. The van der Waals surface area contributed by atoms with Gasteiger partial charge in [0, 0.05) is 18.0 Å². The predicted molar refractivity (Wildman–Crippen MR) is 78.9 cm³/mol. The fourth-order valence-corrected chi connectivity index (χ4v) is 2.04. The molecule has 0 radical (unpaired) electrons. The zero-order chi connectivity index (χ0) is 14.5. The molecule has 0 aromatic carbocycles. The van der Waals surface area contributed by atoms with E-state index in [1.807, 2.05) is 26.0 Å². The van der Waals surface area contributed by atoms with Gasteiger partial charge < -0.3 is 15.4 Å². The molecule has 1 atom stereocenters. The van der Waals surface area contributed by atoms with Crippen LogP contribution in [-0.4, -0.2) is 34.0 Å². The van der Waals surface area contributed by atoms with E-state index in [1.54, 1.807) is 12.4 Å². The fraction of sp³-hybridized carbons (Fsp3) is 0.333. The van der Waals surface area contributed by atoms with Crippen LogP contribution in [0.4, 0.5) is 5.82 Å². The average molecular weight is 273 g/mol. The highest BCUT2D eigenvalue weighted by Crippen LogP contribution is 2.26. The van der Waals surface area contributed by atoms with Gasteiger partial charge in [0.25, 0.3) is 0 Å². The number of hydrogen-bond acceptors (Lipinski definition) is 4. The first-order valence-electron chi connectivity index (χ1n) is 6.66. The van der Waals surface area contributed by atoms with Crippen LogP contribution in [0.1, 0.15) is 29.4 Å². The highest BCUT2D eigenvalue weighted by atomic mass is 16.3. The summed E-state index contributed by atoms with van der Waals surface area (Å²) in [4.78, 5) is 18.0. The molecule has 2 rings (SSSR count). The van der Waals surface area contributed by atoms with Crippen molar-refractivity contribution in [2.24, 2.45) is 0 Å². The zero-order valence-electron chi connectivity index (χ0n) is 11.7. The maximum absolute atomic E-state index is 10.7. The molecule has 0 aliphatic carbocycles. The summed E-state index contributed by atoms with van der Waals surface area (Å²) in [5, 5.41) is 12.4. The normalized spacial score (nSPS) is 12.2. The van der Waals surface area contributed by atoms with Crippen LogP contribution in [0.3, 0.4) is 0 Å². The third-order valence-corrected chi connectivity index (χ3v) is 3.31. The molecule has 5 nitrogen and oxygen atoms in total. The summed E-state index contributed by atoms with van der Waals surface area (Å²) < 4.78 is 0. The van der Waals surface area contributed by atoms with Gasteiger partial charge in [0.15, 0.2) is 6.29 Å². The van der Waals surface area contributed by atoms with Gasteiger partial charge in [-0.1, -0.05) is 6.92 Å². The molecule has 5 heteroatoms. The van der Waals surface area contributed by atoms with E-state index in [-0.39, 0.29) is 12.6 Å². The Bertz CT molecular complexity index is 589. The summed E-state index contributed by atoms with van der Waals surface area (Å²) in [6.07, 6.45) is 5.20. The Morgan fingerprint density at radius 2 is 2.30 bits per heavy atom. The highest BCUT2D eigenvalue weighted by Gasteiger charge is 2.09. The van der Waals surface area contributed by atoms with Gasteiger partial charge in [0.1, 0.15) is 5.82 Å². The van der Waals surface area contributed by atoms with Crippen LogP contribution in [0.2, 0.25) is 0 Å². The average Bonchev–Trinajstić information content (AvgIpc) is 2.95. The number of aliphatic hydroxyl groups excluding tert-OH is 1. The number of aryl methyl sites for hydroxylation is 1. The molecule has 0 bridgehead atoms. The lowest BCUT2D eigenvalue weighted by molar-refractivity contribution is 0.111. The minimum absolute atomic E-state index is 0.00480. The van der Waals surface area contributed by atoms with E-state index < -0.39 is 0 Å². The van der Waals surface area contributed by atoms with E-state index >= 15 is 0 Å². The van der Waals surface area contributed by atoms with Crippen molar-refractivity contribution in [3.63, 3.8) is 0 Å². The second kappa shape index (κ2) is 6.34. The van der Waals surface area contributed by atoms with Crippen LogP contribution in [-0.2, 0) is 0 Å². The van der Waals surface area contributed by atoms with Gasteiger partial charge in [0.2, 0.25) is 0 Å². The number of aromatic amines is 1. The lowest BCUT2D eigenvalue weighted by Crippen LogP contribution is -2.23. The minimum Gasteiger partial charge on any atom is -0.394 e. The SMILES string of the molecule is CC[C@@H](CO)Nc1cc(-c2c[nH]c(C=O)c2)c(C)cn1. The summed E-state index contributed by atoms with van der Waals surface area (Å²) in [6, 6.07) is 3.74. The number of rotatable bonds is 6. The first-order valence-corrected chi connectivity index (χ1v) is 6.66. The molecule has 0 fully saturated rings. The first kappa shape index (κ1) is 14.3. The number of anilines is 1. The van der Waals surface area contributed by atoms with E-state index in [9.17, 15) is 9.90 Å². The van der Waals surface area contributed by atoms with Gasteiger partial charge in [-0.3, -0.25) is 4.79 Å². The molecular weight excluding hydrogens is 254 g/mol. The van der Waals surface area contributed by atoms with Crippen LogP contribution >= 0.6 is 0 Å². The first-order chi connectivity index (χ1) is 9.67. The quantitative estimate of drug-likeness (QED) is 0.706. The van der Waals surface area contributed by atoms with Crippen molar-refractivity contribution in [3.05, 3.63) is 35.8 Å². The molecule has 0 saturated heterocycles. The highest BCUT2D eigenvalue weighted by molar-refractivity contribution is 5.78. The fourth-order valence-electron chi connectivity index (χ4n) is 2.04. The molecular formula is C15H19N3O2. The Labute approximate surface area is 118 Å². The van der Waals surface area contributed by atoms with Crippen molar-refractivity contribution >= 4 is 12.1 Å². The smallest absolute Gasteiger partial charge is 0.166 e. The van der Waals surface area contributed by atoms with Crippen molar-refractivity contribution in [3.8, 4) is 11.1 Å². The summed E-state index contributed by atoms with van der Waals surface area (Å²) >= 11 is 0. The maximum Gasteiger partial charge on any atom is 0.166 e. The van der Waals surface area contributed by atoms with Crippen LogP contribution in [0, 0.1) is 6.92 Å². The minimum atomic E-state index is -0.00480. The summed E-state index contributed by atoms with van der Waals surface area (Å²) in [7, 11) is 0. The summed E-state index contributed by atoms with van der Waals surface area (Å²) in [6.45, 7) is 4.05. The maximum atomic E-state index is 10.7. The molecule has 2 heterocycles. The van der Waals surface area contributed by atoms with E-state index in [1.165, 1.54) is 0 Å². The largest absolute Gasteiger partial charge is 0.394 e. The van der Waals surface area contributed by atoms with E-state index in [2.05, 4.69) is 15.3 Å². The Morgan fingerprint density at radius 3 is 2.90 bits per heavy atom. The number of carbonyl (C=O) groups excluding carboxylic acids is 1. The molecule has 0 spiro atoms. The summed E-state index contributed by atoms with van der Waals surface area (Å²) in [5.41, 5.74) is 3.54. The Hall–Kier alpha value is -2.14. The van der Waals surface area contributed by atoms with Crippen LogP contribution in [0.5, 0.6) is 0 Å². The molecule has 2 aromatic rings. The predicted octanol–water partition coefficient (Wildman–Crippen LogP) is 2.38. The number of pyridine rings is 1. The second-order valence-electron chi connectivity index (χ2n) is 4.78. The Morgan fingerprint density at radius 1 is 1.50 bits per heavy atom. The number of nitrogens with zero attached hydrogens (tertiary/aromatic N) is 1. The summed E-state index contributed by atoms with van der Waals surface area (Å²) in [5.74, 6) is 0.723. The Kier molecular flexibility index (Phi) is 4.53. The number of aliphatic hydroxyl groups is 1.